The molecule has 1 aromatic heterocycles. The fourth-order valence-corrected chi connectivity index (χ4v) is 3.66. The molecular weight excluding hydrogens is 322 g/mol. The lowest BCUT2D eigenvalue weighted by Gasteiger charge is -2.22. The van der Waals surface area contributed by atoms with Crippen molar-refractivity contribution in [3.05, 3.63) is 58.8 Å². The molecule has 0 amide bonds. The molecule has 0 saturated carbocycles. The van der Waals surface area contributed by atoms with Crippen LogP contribution in [0.5, 0.6) is 0 Å². The number of anilines is 1. The summed E-state index contributed by atoms with van der Waals surface area (Å²) in [5, 5.41) is 8.52. The number of benzene rings is 1. The van der Waals surface area contributed by atoms with E-state index in [1.54, 1.807) is 18.3 Å². The number of aldehydes is 1. The van der Waals surface area contributed by atoms with Crippen molar-refractivity contribution in [2.45, 2.75) is 39.5 Å². The Morgan fingerprint density at radius 3 is 2.81 bits per heavy atom. The molecule has 0 spiro atoms. The Balaban J connectivity index is 1.77. The quantitative estimate of drug-likeness (QED) is 0.632. The molecule has 2 heterocycles. The van der Waals surface area contributed by atoms with Gasteiger partial charge in [0.15, 0.2) is 0 Å². The second-order valence-corrected chi connectivity index (χ2v) is 7.16. The highest BCUT2D eigenvalue weighted by atomic mass is 16.1. The highest BCUT2D eigenvalue weighted by Crippen LogP contribution is 2.24. The molecule has 136 valence electrons. The lowest BCUT2D eigenvalue weighted by atomic mass is 9.97. The SMILES string of the molecule is CCC1CCCN(c2ccc(C(=N)c3cc(C=O)ccc3C)cn2)CC1. The number of carbonyl (C=O) groups excluding carboxylic acids is 1. The van der Waals surface area contributed by atoms with E-state index in [0.717, 1.165) is 47.8 Å². The Bertz CT molecular complexity index is 782. The molecule has 2 aromatic rings. The molecule has 1 saturated heterocycles. The lowest BCUT2D eigenvalue weighted by molar-refractivity contribution is 0.112. The number of carbonyl (C=O) groups is 1. The number of nitrogens with one attached hydrogen (secondary N) is 1. The van der Waals surface area contributed by atoms with E-state index < -0.39 is 0 Å². The molecule has 0 aliphatic carbocycles. The minimum Gasteiger partial charge on any atom is -0.357 e. The van der Waals surface area contributed by atoms with Gasteiger partial charge in [-0.05, 0) is 55.9 Å². The van der Waals surface area contributed by atoms with Gasteiger partial charge in [-0.1, -0.05) is 25.5 Å². The Morgan fingerprint density at radius 1 is 1.27 bits per heavy atom. The summed E-state index contributed by atoms with van der Waals surface area (Å²) in [5.74, 6) is 1.83. The van der Waals surface area contributed by atoms with Crippen LogP contribution in [0.3, 0.4) is 0 Å². The maximum absolute atomic E-state index is 11.0. The van der Waals surface area contributed by atoms with Gasteiger partial charge in [0.2, 0.25) is 0 Å². The third-order valence-corrected chi connectivity index (χ3v) is 5.45. The van der Waals surface area contributed by atoms with Crippen LogP contribution in [0, 0.1) is 18.3 Å². The van der Waals surface area contributed by atoms with Gasteiger partial charge in [-0.15, -0.1) is 0 Å². The van der Waals surface area contributed by atoms with Crippen molar-refractivity contribution in [3.8, 4) is 0 Å². The average Bonchev–Trinajstić information content (AvgIpc) is 2.93. The summed E-state index contributed by atoms with van der Waals surface area (Å²) in [6.45, 7) is 6.35. The maximum Gasteiger partial charge on any atom is 0.150 e. The molecule has 1 aliphatic rings. The zero-order valence-corrected chi connectivity index (χ0v) is 15.7. The fraction of sp³-hybridized carbons (Fsp3) is 0.409. The summed E-state index contributed by atoms with van der Waals surface area (Å²) in [6, 6.07) is 9.44. The van der Waals surface area contributed by atoms with Crippen LogP contribution in [-0.2, 0) is 0 Å². The summed E-state index contributed by atoms with van der Waals surface area (Å²) >= 11 is 0. The van der Waals surface area contributed by atoms with Gasteiger partial charge in [-0.3, -0.25) is 10.2 Å². The van der Waals surface area contributed by atoms with E-state index in [1.165, 1.54) is 25.7 Å². The monoisotopic (exact) mass is 349 g/mol. The van der Waals surface area contributed by atoms with Gasteiger partial charge in [0, 0.05) is 36.0 Å². The first-order chi connectivity index (χ1) is 12.6. The van der Waals surface area contributed by atoms with Crippen LogP contribution >= 0.6 is 0 Å². The number of aromatic nitrogens is 1. The molecule has 3 rings (SSSR count). The van der Waals surface area contributed by atoms with Crippen molar-refractivity contribution in [3.63, 3.8) is 0 Å². The zero-order chi connectivity index (χ0) is 18.5. The Morgan fingerprint density at radius 2 is 2.12 bits per heavy atom. The summed E-state index contributed by atoms with van der Waals surface area (Å²) in [6.07, 6.45) is 7.62. The number of pyridine rings is 1. The van der Waals surface area contributed by atoms with E-state index in [9.17, 15) is 4.79 Å². The summed E-state index contributed by atoms with van der Waals surface area (Å²) < 4.78 is 0. The molecule has 0 radical (unpaired) electrons. The molecule has 0 bridgehead atoms. The van der Waals surface area contributed by atoms with Crippen LogP contribution in [0.4, 0.5) is 5.82 Å². The van der Waals surface area contributed by atoms with E-state index in [2.05, 4.69) is 16.8 Å². The summed E-state index contributed by atoms with van der Waals surface area (Å²) in [5.41, 5.74) is 3.55. The molecule has 26 heavy (non-hydrogen) atoms. The van der Waals surface area contributed by atoms with Gasteiger partial charge in [0.05, 0.1) is 5.71 Å². The Hall–Kier alpha value is -2.49. The van der Waals surface area contributed by atoms with Gasteiger partial charge in [0.1, 0.15) is 12.1 Å². The van der Waals surface area contributed by atoms with Crippen molar-refractivity contribution in [1.82, 2.24) is 4.98 Å². The van der Waals surface area contributed by atoms with Crippen LogP contribution < -0.4 is 4.90 Å². The predicted molar refractivity (Wildman–Crippen MR) is 107 cm³/mol. The third-order valence-electron chi connectivity index (χ3n) is 5.45. The van der Waals surface area contributed by atoms with Gasteiger partial charge in [-0.2, -0.15) is 0 Å². The largest absolute Gasteiger partial charge is 0.357 e. The van der Waals surface area contributed by atoms with E-state index in [0.29, 0.717) is 11.3 Å². The van der Waals surface area contributed by atoms with Gasteiger partial charge in [-0.25, -0.2) is 4.98 Å². The minimum absolute atomic E-state index is 0.409. The number of hydrogen-bond acceptors (Lipinski definition) is 4. The van der Waals surface area contributed by atoms with Crippen LogP contribution in [0.25, 0.3) is 0 Å². The number of rotatable bonds is 5. The number of nitrogens with zero attached hydrogens (tertiary/aromatic N) is 2. The van der Waals surface area contributed by atoms with E-state index >= 15 is 0 Å². The smallest absolute Gasteiger partial charge is 0.150 e. The summed E-state index contributed by atoms with van der Waals surface area (Å²) in [7, 11) is 0. The van der Waals surface area contributed by atoms with Gasteiger partial charge >= 0.3 is 0 Å². The fourth-order valence-electron chi connectivity index (χ4n) is 3.66. The molecule has 1 unspecified atom stereocenters. The first-order valence-corrected chi connectivity index (χ1v) is 9.48. The van der Waals surface area contributed by atoms with E-state index in [-0.39, 0.29) is 0 Å². The molecule has 4 heteroatoms. The molecular formula is C22H27N3O. The van der Waals surface area contributed by atoms with Crippen LogP contribution in [0.1, 0.15) is 59.7 Å². The van der Waals surface area contributed by atoms with Crippen LogP contribution in [-0.4, -0.2) is 30.1 Å². The third kappa shape index (κ3) is 4.01. The van der Waals surface area contributed by atoms with Gasteiger partial charge < -0.3 is 4.90 Å². The average molecular weight is 349 g/mol. The van der Waals surface area contributed by atoms with Crippen LogP contribution in [0.15, 0.2) is 36.5 Å². The first kappa shape index (κ1) is 18.3. The predicted octanol–water partition coefficient (Wildman–Crippen LogP) is 4.64. The molecule has 1 atom stereocenters. The molecule has 1 fully saturated rings. The first-order valence-electron chi connectivity index (χ1n) is 9.48. The maximum atomic E-state index is 11.0. The second kappa shape index (κ2) is 8.26. The van der Waals surface area contributed by atoms with Gasteiger partial charge in [0.25, 0.3) is 0 Å². The molecule has 4 nitrogen and oxygen atoms in total. The molecule has 1 N–H and O–H groups in total. The van der Waals surface area contributed by atoms with Crippen molar-refractivity contribution < 1.29 is 4.79 Å². The van der Waals surface area contributed by atoms with Crippen molar-refractivity contribution >= 4 is 17.8 Å². The minimum atomic E-state index is 0.409. The topological polar surface area (TPSA) is 57.1 Å². The van der Waals surface area contributed by atoms with Crippen molar-refractivity contribution in [2.24, 2.45) is 5.92 Å². The molecule has 1 aromatic carbocycles. The number of aryl methyl sites for hydroxylation is 1. The van der Waals surface area contributed by atoms with E-state index in [1.807, 2.05) is 25.1 Å². The van der Waals surface area contributed by atoms with Crippen molar-refractivity contribution in [1.29, 1.82) is 5.41 Å². The van der Waals surface area contributed by atoms with E-state index in [4.69, 9.17) is 5.41 Å². The van der Waals surface area contributed by atoms with Crippen molar-refractivity contribution in [2.75, 3.05) is 18.0 Å². The second-order valence-electron chi connectivity index (χ2n) is 7.16. The zero-order valence-electron chi connectivity index (χ0n) is 15.7. The Kier molecular flexibility index (Phi) is 5.82. The molecule has 1 aliphatic heterocycles. The normalized spacial score (nSPS) is 17.6. The Labute approximate surface area is 155 Å². The van der Waals surface area contributed by atoms with Crippen LogP contribution in [0.2, 0.25) is 0 Å². The summed E-state index contributed by atoms with van der Waals surface area (Å²) in [4.78, 5) is 18.0. The highest BCUT2D eigenvalue weighted by molar-refractivity contribution is 6.12. The highest BCUT2D eigenvalue weighted by Gasteiger charge is 2.17. The standard InChI is InChI=1S/C22H27N3O/c1-3-17-5-4-11-25(12-10-17)21-9-8-19(14-24-21)22(23)20-13-18(15-26)7-6-16(20)2/h6-9,13-15,17,23H,3-5,10-12H2,1-2H3. The number of hydrogen-bond donors (Lipinski definition) is 1. The lowest BCUT2D eigenvalue weighted by Crippen LogP contribution is -2.25.